The molecule has 0 fully saturated rings. The van der Waals surface area contributed by atoms with Gasteiger partial charge in [-0.1, -0.05) is 61.2 Å². The quantitative estimate of drug-likeness (QED) is 0.401. The lowest BCUT2D eigenvalue weighted by atomic mass is 9.88. The highest BCUT2D eigenvalue weighted by atomic mass is 16.5. The number of aromatic nitrogens is 2. The number of aromatic amines is 1. The van der Waals surface area contributed by atoms with Crippen molar-refractivity contribution in [1.82, 2.24) is 15.1 Å². The van der Waals surface area contributed by atoms with Crippen LogP contribution < -0.4 is 4.90 Å². The zero-order valence-electron chi connectivity index (χ0n) is 21.1. The number of anilines is 1. The van der Waals surface area contributed by atoms with Gasteiger partial charge in [0, 0.05) is 29.8 Å². The summed E-state index contributed by atoms with van der Waals surface area (Å²) in [6.45, 7) is 6.09. The summed E-state index contributed by atoms with van der Waals surface area (Å²) in [6.07, 6.45) is 16.1. The van der Waals surface area contributed by atoms with E-state index in [0.29, 0.717) is 13.0 Å². The number of esters is 1. The SMILES string of the molecule is C=C/C=C(\C=C\c1[nH]ncc1C1N(C)c2ccccc2C(O)N1C)C1C=CC(CC(=O)OCC)=CC1. The number of rotatable bonds is 8. The molecule has 1 aromatic carbocycles. The van der Waals surface area contributed by atoms with E-state index in [4.69, 9.17) is 4.74 Å². The maximum atomic E-state index is 11.8. The number of aliphatic hydroxyl groups excluding tert-OH is 1. The van der Waals surface area contributed by atoms with Gasteiger partial charge in [-0.2, -0.15) is 5.10 Å². The van der Waals surface area contributed by atoms with E-state index in [1.54, 1.807) is 6.08 Å². The summed E-state index contributed by atoms with van der Waals surface area (Å²) in [6, 6.07) is 7.91. The molecular weight excluding hydrogens is 452 g/mol. The van der Waals surface area contributed by atoms with Crippen molar-refractivity contribution in [1.29, 1.82) is 0 Å². The Morgan fingerprint density at radius 2 is 2.11 bits per heavy atom. The van der Waals surface area contributed by atoms with Gasteiger partial charge in [-0.05, 0) is 43.7 Å². The minimum Gasteiger partial charge on any atom is -0.466 e. The molecule has 0 saturated heterocycles. The zero-order valence-corrected chi connectivity index (χ0v) is 21.1. The summed E-state index contributed by atoms with van der Waals surface area (Å²) in [5, 5.41) is 18.4. The van der Waals surface area contributed by atoms with Crippen LogP contribution in [0.1, 0.15) is 49.0 Å². The Bertz CT molecular complexity index is 1220. The fourth-order valence-electron chi connectivity index (χ4n) is 4.90. The Morgan fingerprint density at radius 1 is 1.31 bits per heavy atom. The fourth-order valence-corrected chi connectivity index (χ4v) is 4.90. The van der Waals surface area contributed by atoms with Crippen molar-refractivity contribution in [3.63, 3.8) is 0 Å². The van der Waals surface area contributed by atoms with E-state index < -0.39 is 6.23 Å². The Hall–Kier alpha value is -3.68. The number of carbonyl (C=O) groups is 1. The molecule has 7 nitrogen and oxygen atoms in total. The highest BCUT2D eigenvalue weighted by Crippen LogP contribution is 2.42. The molecule has 1 aromatic heterocycles. The molecule has 1 aliphatic heterocycles. The van der Waals surface area contributed by atoms with Crippen LogP contribution in [0.25, 0.3) is 6.08 Å². The van der Waals surface area contributed by atoms with Crippen LogP contribution in [0.2, 0.25) is 0 Å². The molecule has 2 aliphatic rings. The smallest absolute Gasteiger partial charge is 0.310 e. The lowest BCUT2D eigenvalue weighted by Gasteiger charge is -2.45. The summed E-state index contributed by atoms with van der Waals surface area (Å²) >= 11 is 0. The standard InChI is InChI=1S/C29H34N4O3/c1-5-9-21(22-14-12-20(13-15-22)18-27(34)36-6-2)16-17-25-24(19-30-31-25)28-32(3)26-11-8-7-10-23(26)29(35)33(28)4/h5,7-14,16-17,19,22,28-29,35H,1,6,15,18H2,2-4H3,(H,30,31)/b17-16+,21-9+. The van der Waals surface area contributed by atoms with Crippen molar-refractivity contribution in [3.8, 4) is 0 Å². The van der Waals surface area contributed by atoms with E-state index >= 15 is 0 Å². The minimum atomic E-state index is -0.715. The summed E-state index contributed by atoms with van der Waals surface area (Å²) in [5.74, 6) is -0.0314. The molecule has 1 aliphatic carbocycles. The number of nitrogens with one attached hydrogen (secondary N) is 1. The highest BCUT2D eigenvalue weighted by molar-refractivity contribution is 5.73. The van der Waals surface area contributed by atoms with Crippen molar-refractivity contribution in [2.75, 3.05) is 25.6 Å². The Morgan fingerprint density at radius 3 is 2.83 bits per heavy atom. The number of carbonyl (C=O) groups excluding carboxylic acids is 1. The number of para-hydroxylation sites is 1. The number of ether oxygens (including phenoxy) is 1. The number of hydrogen-bond acceptors (Lipinski definition) is 6. The van der Waals surface area contributed by atoms with E-state index in [1.807, 2.05) is 74.6 Å². The lowest BCUT2D eigenvalue weighted by Crippen LogP contribution is -2.44. The molecule has 0 bridgehead atoms. The number of hydrogen-bond donors (Lipinski definition) is 2. The summed E-state index contributed by atoms with van der Waals surface area (Å²) < 4.78 is 5.06. The first-order valence-corrected chi connectivity index (χ1v) is 12.2. The van der Waals surface area contributed by atoms with Crippen LogP contribution in [-0.4, -0.2) is 46.9 Å². The molecule has 0 amide bonds. The normalized spacial score (nSPS) is 22.4. The average molecular weight is 487 g/mol. The largest absolute Gasteiger partial charge is 0.466 e. The second-order valence-corrected chi connectivity index (χ2v) is 9.02. The monoisotopic (exact) mass is 486 g/mol. The van der Waals surface area contributed by atoms with Crippen LogP contribution >= 0.6 is 0 Å². The van der Waals surface area contributed by atoms with Crippen molar-refractivity contribution >= 4 is 17.7 Å². The van der Waals surface area contributed by atoms with Gasteiger partial charge in [0.1, 0.15) is 12.4 Å². The van der Waals surface area contributed by atoms with Crippen molar-refractivity contribution in [2.24, 2.45) is 5.92 Å². The molecule has 0 radical (unpaired) electrons. The Labute approximate surface area is 212 Å². The van der Waals surface area contributed by atoms with E-state index in [2.05, 4.69) is 39.9 Å². The Balaban J connectivity index is 1.53. The van der Waals surface area contributed by atoms with Crippen LogP contribution in [0.15, 0.2) is 84.6 Å². The first-order valence-electron chi connectivity index (χ1n) is 12.2. The second kappa shape index (κ2) is 11.4. The maximum Gasteiger partial charge on any atom is 0.310 e. The predicted molar refractivity (Wildman–Crippen MR) is 143 cm³/mol. The molecule has 0 spiro atoms. The van der Waals surface area contributed by atoms with Gasteiger partial charge < -0.3 is 14.7 Å². The lowest BCUT2D eigenvalue weighted by molar-refractivity contribution is -0.142. The van der Waals surface area contributed by atoms with Gasteiger partial charge >= 0.3 is 5.97 Å². The van der Waals surface area contributed by atoms with Gasteiger partial charge in [0.25, 0.3) is 0 Å². The second-order valence-electron chi connectivity index (χ2n) is 9.02. The van der Waals surface area contributed by atoms with E-state index in [1.165, 1.54) is 0 Å². The zero-order chi connectivity index (χ0) is 25.7. The van der Waals surface area contributed by atoms with Crippen LogP contribution in [0.3, 0.4) is 0 Å². The van der Waals surface area contributed by atoms with Gasteiger partial charge in [-0.3, -0.25) is 14.8 Å². The van der Waals surface area contributed by atoms with Crippen molar-refractivity contribution in [3.05, 3.63) is 101 Å². The molecule has 36 heavy (non-hydrogen) atoms. The number of benzene rings is 1. The van der Waals surface area contributed by atoms with Crippen LogP contribution in [0.5, 0.6) is 0 Å². The van der Waals surface area contributed by atoms with Crippen LogP contribution in [-0.2, 0) is 9.53 Å². The van der Waals surface area contributed by atoms with Gasteiger partial charge in [0.05, 0.1) is 24.9 Å². The third-order valence-corrected chi connectivity index (χ3v) is 6.72. The molecule has 4 rings (SSSR count). The van der Waals surface area contributed by atoms with Gasteiger partial charge in [-0.15, -0.1) is 0 Å². The summed E-state index contributed by atoms with van der Waals surface area (Å²) in [4.78, 5) is 15.9. The average Bonchev–Trinajstić information content (AvgIpc) is 3.34. The third kappa shape index (κ3) is 5.27. The van der Waals surface area contributed by atoms with Crippen LogP contribution in [0.4, 0.5) is 5.69 Å². The topological polar surface area (TPSA) is 81.7 Å². The first kappa shape index (κ1) is 25.4. The van der Waals surface area contributed by atoms with E-state index in [0.717, 1.165) is 40.1 Å². The van der Waals surface area contributed by atoms with Gasteiger partial charge in [0.2, 0.25) is 0 Å². The number of aliphatic hydroxyl groups is 1. The van der Waals surface area contributed by atoms with Crippen LogP contribution in [0, 0.1) is 5.92 Å². The van der Waals surface area contributed by atoms with Gasteiger partial charge in [0.15, 0.2) is 0 Å². The van der Waals surface area contributed by atoms with E-state index in [-0.39, 0.29) is 18.1 Å². The van der Waals surface area contributed by atoms with Gasteiger partial charge in [-0.25, -0.2) is 0 Å². The number of fused-ring (bicyclic) bond motifs is 1. The summed E-state index contributed by atoms with van der Waals surface area (Å²) in [7, 11) is 3.95. The Kier molecular flexibility index (Phi) is 8.03. The minimum absolute atomic E-state index is 0.172. The third-order valence-electron chi connectivity index (χ3n) is 6.72. The number of nitrogens with zero attached hydrogens (tertiary/aromatic N) is 3. The van der Waals surface area contributed by atoms with Crippen molar-refractivity contribution < 1.29 is 14.6 Å². The molecule has 2 N–H and O–H groups in total. The molecule has 0 saturated carbocycles. The van der Waals surface area contributed by atoms with Crippen molar-refractivity contribution in [2.45, 2.75) is 32.2 Å². The number of allylic oxidation sites excluding steroid dienone is 7. The van der Waals surface area contributed by atoms with E-state index in [9.17, 15) is 9.90 Å². The molecule has 2 heterocycles. The molecule has 188 valence electrons. The summed E-state index contributed by atoms with van der Waals surface area (Å²) in [5.41, 5.74) is 5.80. The molecular formula is C29H34N4O3. The highest BCUT2D eigenvalue weighted by Gasteiger charge is 2.36. The number of H-pyrrole nitrogens is 1. The molecule has 2 aromatic rings. The predicted octanol–water partition coefficient (Wildman–Crippen LogP) is 5.06. The maximum absolute atomic E-state index is 11.8. The first-order chi connectivity index (χ1) is 17.4. The fraction of sp³-hybridized carbons (Fsp3) is 0.310. The molecule has 7 heteroatoms. The molecule has 3 atom stereocenters. The molecule has 3 unspecified atom stereocenters.